The van der Waals surface area contributed by atoms with Crippen LogP contribution in [0.1, 0.15) is 5.56 Å². The first-order valence-corrected chi connectivity index (χ1v) is 8.86. The molecule has 0 atom stereocenters. The minimum absolute atomic E-state index is 0.211. The van der Waals surface area contributed by atoms with Crippen molar-refractivity contribution in [2.75, 3.05) is 11.9 Å². The second kappa shape index (κ2) is 7.27. The first-order chi connectivity index (χ1) is 13.9. The number of anilines is 1. The van der Waals surface area contributed by atoms with Gasteiger partial charge in [0.15, 0.2) is 5.58 Å². The van der Waals surface area contributed by atoms with Crippen LogP contribution in [0.4, 0.5) is 10.1 Å². The van der Waals surface area contributed by atoms with Crippen LogP contribution >= 0.6 is 0 Å². The minimum atomic E-state index is -0.840. The summed E-state index contributed by atoms with van der Waals surface area (Å²) in [6.07, 6.45) is 2.18. The average molecular weight is 396 g/mol. The molecule has 0 radical (unpaired) electrons. The van der Waals surface area contributed by atoms with Gasteiger partial charge >= 0.3 is 17.6 Å². The monoisotopic (exact) mass is 396 g/mol. The van der Waals surface area contributed by atoms with Crippen molar-refractivity contribution in [3.05, 3.63) is 64.5 Å². The van der Waals surface area contributed by atoms with Gasteiger partial charge in [-0.25, -0.2) is 9.18 Å². The molecule has 0 bridgehead atoms. The second-order valence-corrected chi connectivity index (χ2v) is 6.57. The van der Waals surface area contributed by atoms with E-state index in [9.17, 15) is 18.8 Å². The predicted octanol–water partition coefficient (Wildman–Crippen LogP) is 2.05. The molecule has 0 saturated heterocycles. The molecule has 4 rings (SSSR count). The molecule has 3 N–H and O–H groups in total. The number of oxazole rings is 1. The number of halogens is 1. The standard InChI is InChI=1S/C20H17FN4O4/c1-25-16-5-3-13(9-17(16)29-20(25)28)24-19(27)18(26)22-7-6-11-10-23-15-4-2-12(21)8-14(11)15/h2-5,8-10,23H,6-7H2,1H3,(H,22,26)(H,24,27). The van der Waals surface area contributed by atoms with Crippen LogP contribution < -0.4 is 16.4 Å². The number of rotatable bonds is 4. The summed E-state index contributed by atoms with van der Waals surface area (Å²) >= 11 is 0. The summed E-state index contributed by atoms with van der Waals surface area (Å²) in [5.74, 6) is -2.50. The number of fused-ring (bicyclic) bond motifs is 2. The lowest BCUT2D eigenvalue weighted by Crippen LogP contribution is -2.36. The molecule has 0 aliphatic rings. The molecule has 4 aromatic rings. The number of H-pyrrole nitrogens is 1. The molecule has 0 unspecified atom stereocenters. The van der Waals surface area contributed by atoms with E-state index in [2.05, 4.69) is 15.6 Å². The van der Waals surface area contributed by atoms with Gasteiger partial charge in [0.2, 0.25) is 0 Å². The van der Waals surface area contributed by atoms with Crippen molar-refractivity contribution in [3.63, 3.8) is 0 Å². The average Bonchev–Trinajstić information content (AvgIpc) is 3.22. The Morgan fingerprint density at radius 2 is 2.00 bits per heavy atom. The van der Waals surface area contributed by atoms with Crippen molar-refractivity contribution in [1.82, 2.24) is 14.9 Å². The zero-order valence-electron chi connectivity index (χ0n) is 15.4. The Morgan fingerprint density at radius 3 is 2.83 bits per heavy atom. The maximum absolute atomic E-state index is 13.4. The molecule has 2 aromatic carbocycles. The summed E-state index contributed by atoms with van der Waals surface area (Å²) in [4.78, 5) is 38.7. The Kier molecular flexibility index (Phi) is 4.63. The van der Waals surface area contributed by atoms with Gasteiger partial charge in [-0.2, -0.15) is 0 Å². The fraction of sp³-hybridized carbons (Fsp3) is 0.150. The zero-order valence-corrected chi connectivity index (χ0v) is 15.4. The molecule has 0 fully saturated rings. The highest BCUT2D eigenvalue weighted by Gasteiger charge is 2.15. The van der Waals surface area contributed by atoms with E-state index in [-0.39, 0.29) is 12.4 Å². The van der Waals surface area contributed by atoms with Crippen LogP contribution in [-0.4, -0.2) is 27.9 Å². The third-order valence-electron chi connectivity index (χ3n) is 4.67. The molecule has 0 aliphatic carbocycles. The van der Waals surface area contributed by atoms with E-state index in [1.807, 2.05) is 0 Å². The SMILES string of the molecule is Cn1c(=O)oc2cc(NC(=O)C(=O)NCCc3c[nH]c4ccc(F)cc34)ccc21. The number of aromatic amines is 1. The molecule has 0 spiro atoms. The topological polar surface area (TPSA) is 109 Å². The maximum atomic E-state index is 13.4. The Hall–Kier alpha value is -3.88. The fourth-order valence-corrected chi connectivity index (χ4v) is 3.15. The van der Waals surface area contributed by atoms with Gasteiger partial charge in [0, 0.05) is 42.4 Å². The number of nitrogens with one attached hydrogen (secondary N) is 3. The molecule has 0 saturated carbocycles. The van der Waals surface area contributed by atoms with Crippen LogP contribution in [0, 0.1) is 5.82 Å². The number of hydrogen-bond acceptors (Lipinski definition) is 4. The third-order valence-corrected chi connectivity index (χ3v) is 4.67. The summed E-state index contributed by atoms with van der Waals surface area (Å²) in [6.45, 7) is 0.211. The van der Waals surface area contributed by atoms with E-state index in [1.54, 1.807) is 31.4 Å². The molecule has 2 amide bonds. The highest BCUT2D eigenvalue weighted by molar-refractivity contribution is 6.39. The van der Waals surface area contributed by atoms with Crippen LogP contribution in [0.2, 0.25) is 0 Å². The first-order valence-electron chi connectivity index (χ1n) is 8.86. The highest BCUT2D eigenvalue weighted by atomic mass is 19.1. The highest BCUT2D eigenvalue weighted by Crippen LogP contribution is 2.20. The zero-order chi connectivity index (χ0) is 20.5. The number of aromatic nitrogens is 2. The van der Waals surface area contributed by atoms with E-state index in [1.165, 1.54) is 22.8 Å². The number of aryl methyl sites for hydroxylation is 1. The maximum Gasteiger partial charge on any atom is 0.419 e. The van der Waals surface area contributed by atoms with Crippen LogP contribution in [0.3, 0.4) is 0 Å². The van der Waals surface area contributed by atoms with E-state index in [0.717, 1.165) is 16.5 Å². The minimum Gasteiger partial charge on any atom is -0.408 e. The number of amides is 2. The van der Waals surface area contributed by atoms with Gasteiger partial charge in [0.1, 0.15) is 5.82 Å². The van der Waals surface area contributed by atoms with E-state index >= 15 is 0 Å². The number of benzene rings is 2. The number of carbonyl (C=O) groups is 2. The van der Waals surface area contributed by atoms with Crippen LogP contribution in [0.15, 0.2) is 51.8 Å². The lowest BCUT2D eigenvalue weighted by atomic mass is 10.1. The number of carbonyl (C=O) groups excluding carboxylic acids is 2. The van der Waals surface area contributed by atoms with Gasteiger partial charge < -0.3 is 20.0 Å². The second-order valence-electron chi connectivity index (χ2n) is 6.57. The normalized spacial score (nSPS) is 11.1. The molecule has 29 heavy (non-hydrogen) atoms. The largest absolute Gasteiger partial charge is 0.419 e. The molecule has 8 nitrogen and oxygen atoms in total. The fourth-order valence-electron chi connectivity index (χ4n) is 3.15. The summed E-state index contributed by atoms with van der Waals surface area (Å²) in [7, 11) is 1.57. The Balaban J connectivity index is 1.36. The van der Waals surface area contributed by atoms with E-state index in [4.69, 9.17) is 4.42 Å². The van der Waals surface area contributed by atoms with Crippen LogP contribution in [0.5, 0.6) is 0 Å². The quantitative estimate of drug-likeness (QED) is 0.459. The van der Waals surface area contributed by atoms with E-state index in [0.29, 0.717) is 23.2 Å². The van der Waals surface area contributed by atoms with Crippen molar-refractivity contribution in [2.24, 2.45) is 7.05 Å². The molecule has 9 heteroatoms. The van der Waals surface area contributed by atoms with Crippen molar-refractivity contribution in [3.8, 4) is 0 Å². The van der Waals surface area contributed by atoms with Gasteiger partial charge in [-0.3, -0.25) is 14.2 Å². The summed E-state index contributed by atoms with van der Waals surface area (Å²) < 4.78 is 19.8. The summed E-state index contributed by atoms with van der Waals surface area (Å²) in [5.41, 5.74) is 2.85. The molecule has 2 aromatic heterocycles. The van der Waals surface area contributed by atoms with Crippen LogP contribution in [-0.2, 0) is 23.1 Å². The van der Waals surface area contributed by atoms with Crippen molar-refractivity contribution in [1.29, 1.82) is 0 Å². The molecule has 148 valence electrons. The Morgan fingerprint density at radius 1 is 1.17 bits per heavy atom. The van der Waals surface area contributed by atoms with Gasteiger partial charge in [0.05, 0.1) is 5.52 Å². The molecule has 2 heterocycles. The van der Waals surface area contributed by atoms with Gasteiger partial charge in [0.25, 0.3) is 0 Å². The summed E-state index contributed by atoms with van der Waals surface area (Å²) in [6, 6.07) is 9.10. The van der Waals surface area contributed by atoms with E-state index < -0.39 is 17.6 Å². The molecule has 0 aliphatic heterocycles. The number of nitrogens with zero attached hydrogens (tertiary/aromatic N) is 1. The predicted molar refractivity (Wildman–Crippen MR) is 105 cm³/mol. The van der Waals surface area contributed by atoms with Crippen LogP contribution in [0.25, 0.3) is 22.0 Å². The molecular formula is C20H17FN4O4. The van der Waals surface area contributed by atoms with Crippen molar-refractivity contribution in [2.45, 2.75) is 6.42 Å². The van der Waals surface area contributed by atoms with Crippen molar-refractivity contribution < 1.29 is 18.4 Å². The Bertz CT molecular complexity index is 1300. The molecular weight excluding hydrogens is 379 g/mol. The smallest absolute Gasteiger partial charge is 0.408 e. The lowest BCUT2D eigenvalue weighted by Gasteiger charge is -2.06. The summed E-state index contributed by atoms with van der Waals surface area (Å²) in [5, 5.41) is 5.74. The first kappa shape index (κ1) is 18.5. The van der Waals surface area contributed by atoms with Gasteiger partial charge in [-0.1, -0.05) is 0 Å². The third kappa shape index (κ3) is 3.62. The van der Waals surface area contributed by atoms with Crippen molar-refractivity contribution >= 4 is 39.5 Å². The lowest BCUT2D eigenvalue weighted by molar-refractivity contribution is -0.136. The van der Waals surface area contributed by atoms with Gasteiger partial charge in [-0.15, -0.1) is 0 Å². The Labute approximate surface area is 163 Å². The number of hydrogen-bond donors (Lipinski definition) is 3. The van der Waals surface area contributed by atoms with Gasteiger partial charge in [-0.05, 0) is 42.3 Å².